The van der Waals surface area contributed by atoms with Crippen LogP contribution in [0.4, 0.5) is 4.39 Å². The van der Waals surface area contributed by atoms with Gasteiger partial charge in [-0.2, -0.15) is 0 Å². The molecule has 2 aromatic carbocycles. The number of benzene rings is 2. The number of hydrogen-bond acceptors (Lipinski definition) is 4. The van der Waals surface area contributed by atoms with Crippen molar-refractivity contribution in [1.82, 2.24) is 19.2 Å². The molecule has 0 spiro atoms. The van der Waals surface area contributed by atoms with Crippen LogP contribution in [0.3, 0.4) is 0 Å². The van der Waals surface area contributed by atoms with E-state index < -0.39 is 0 Å². The van der Waals surface area contributed by atoms with Gasteiger partial charge in [0.15, 0.2) is 5.82 Å². The van der Waals surface area contributed by atoms with Gasteiger partial charge in [-0.25, -0.2) is 4.39 Å². The molecule has 5 nitrogen and oxygen atoms in total. The average Bonchev–Trinajstić information content (AvgIpc) is 3.33. The van der Waals surface area contributed by atoms with Gasteiger partial charge in [0.2, 0.25) is 5.78 Å². The Morgan fingerprint density at radius 1 is 1.00 bits per heavy atom. The van der Waals surface area contributed by atoms with Crippen LogP contribution in [0.2, 0.25) is 0 Å². The Morgan fingerprint density at radius 3 is 2.54 bits per heavy atom. The van der Waals surface area contributed by atoms with Crippen LogP contribution in [0.15, 0.2) is 65.5 Å². The molecule has 0 amide bonds. The van der Waals surface area contributed by atoms with Crippen LogP contribution in [0.1, 0.15) is 10.4 Å². The Kier molecular flexibility index (Phi) is 3.84. The van der Waals surface area contributed by atoms with Crippen LogP contribution < -0.4 is 5.56 Å². The standard InChI is InChI=1S/C21H15FN4OS/c1-13-6-11-18(28-13)19-23-24-21-25(12-14-7-9-15(22)10-8-14)20(27)16-4-2-3-5-17(16)26(19)21/h2-11H,12H2,1H3. The van der Waals surface area contributed by atoms with Gasteiger partial charge in [-0.05, 0) is 48.9 Å². The second-order valence-corrected chi connectivity index (χ2v) is 7.89. The Bertz CT molecular complexity index is 1380. The van der Waals surface area contributed by atoms with E-state index in [-0.39, 0.29) is 17.9 Å². The summed E-state index contributed by atoms with van der Waals surface area (Å²) in [6.07, 6.45) is 0. The van der Waals surface area contributed by atoms with Crippen LogP contribution in [0.5, 0.6) is 0 Å². The van der Waals surface area contributed by atoms with Crippen molar-refractivity contribution in [3.63, 3.8) is 0 Å². The van der Waals surface area contributed by atoms with Crippen molar-refractivity contribution in [3.05, 3.63) is 87.3 Å². The molecule has 0 fully saturated rings. The number of nitrogens with zero attached hydrogens (tertiary/aromatic N) is 4. The van der Waals surface area contributed by atoms with E-state index >= 15 is 0 Å². The Morgan fingerprint density at radius 2 is 1.79 bits per heavy atom. The molecule has 0 saturated heterocycles. The molecule has 0 saturated carbocycles. The Labute approximate surface area is 163 Å². The highest BCUT2D eigenvalue weighted by atomic mass is 32.1. The van der Waals surface area contributed by atoms with Gasteiger partial charge >= 0.3 is 0 Å². The average molecular weight is 390 g/mol. The summed E-state index contributed by atoms with van der Waals surface area (Å²) < 4.78 is 16.8. The van der Waals surface area contributed by atoms with Crippen molar-refractivity contribution in [3.8, 4) is 10.7 Å². The molecule has 28 heavy (non-hydrogen) atoms. The van der Waals surface area contributed by atoms with Crippen LogP contribution >= 0.6 is 11.3 Å². The van der Waals surface area contributed by atoms with Crippen LogP contribution in [-0.4, -0.2) is 19.2 Å². The molecule has 3 aromatic heterocycles. The first-order valence-electron chi connectivity index (χ1n) is 8.80. The second kappa shape index (κ2) is 6.38. The first-order chi connectivity index (χ1) is 13.6. The molecular weight excluding hydrogens is 375 g/mol. The van der Waals surface area contributed by atoms with E-state index in [1.807, 2.05) is 47.7 Å². The molecule has 138 valence electrons. The SMILES string of the molecule is Cc1ccc(-c2nnc3n(Cc4ccc(F)cc4)c(=O)c4ccccc4n23)s1. The molecule has 5 rings (SSSR count). The topological polar surface area (TPSA) is 52.2 Å². The molecule has 0 N–H and O–H groups in total. The van der Waals surface area contributed by atoms with Gasteiger partial charge in [0.25, 0.3) is 5.56 Å². The Balaban J connectivity index is 1.82. The van der Waals surface area contributed by atoms with E-state index in [9.17, 15) is 9.18 Å². The minimum Gasteiger partial charge on any atom is -0.272 e. The maximum Gasteiger partial charge on any atom is 0.263 e. The zero-order valence-corrected chi connectivity index (χ0v) is 15.8. The van der Waals surface area contributed by atoms with Crippen molar-refractivity contribution in [1.29, 1.82) is 0 Å². The minimum atomic E-state index is -0.308. The lowest BCUT2D eigenvalue weighted by atomic mass is 10.2. The summed E-state index contributed by atoms with van der Waals surface area (Å²) in [4.78, 5) is 15.3. The Hall–Kier alpha value is -3.32. The number of aryl methyl sites for hydroxylation is 1. The fourth-order valence-corrected chi connectivity index (χ4v) is 4.23. The highest BCUT2D eigenvalue weighted by Crippen LogP contribution is 2.28. The summed E-state index contributed by atoms with van der Waals surface area (Å²) in [5.41, 5.74) is 1.44. The van der Waals surface area contributed by atoms with Crippen molar-refractivity contribution in [2.75, 3.05) is 0 Å². The van der Waals surface area contributed by atoms with E-state index in [1.165, 1.54) is 17.0 Å². The largest absolute Gasteiger partial charge is 0.272 e. The van der Waals surface area contributed by atoms with Gasteiger partial charge in [-0.1, -0.05) is 24.3 Å². The zero-order valence-electron chi connectivity index (χ0n) is 15.0. The second-order valence-electron chi connectivity index (χ2n) is 6.60. The zero-order chi connectivity index (χ0) is 19.3. The maximum atomic E-state index is 13.3. The molecule has 0 aliphatic rings. The lowest BCUT2D eigenvalue weighted by Crippen LogP contribution is -2.24. The fraction of sp³-hybridized carbons (Fsp3) is 0.0952. The summed E-state index contributed by atoms with van der Waals surface area (Å²) in [5, 5.41) is 9.32. The molecular formula is C21H15FN4OS. The summed E-state index contributed by atoms with van der Waals surface area (Å²) in [6, 6.07) is 17.6. The van der Waals surface area contributed by atoms with Crippen LogP contribution in [-0.2, 0) is 6.54 Å². The normalized spacial score (nSPS) is 11.5. The first-order valence-corrected chi connectivity index (χ1v) is 9.61. The number of thiophene rings is 1. The number of aromatic nitrogens is 4. The lowest BCUT2D eigenvalue weighted by Gasteiger charge is -2.11. The highest BCUT2D eigenvalue weighted by Gasteiger charge is 2.18. The van der Waals surface area contributed by atoms with Gasteiger partial charge in [0.05, 0.1) is 22.3 Å². The fourth-order valence-electron chi connectivity index (χ4n) is 3.39. The quantitative estimate of drug-likeness (QED) is 0.462. The van der Waals surface area contributed by atoms with Crippen LogP contribution in [0, 0.1) is 12.7 Å². The van der Waals surface area contributed by atoms with Gasteiger partial charge in [-0.15, -0.1) is 21.5 Å². The summed E-state index contributed by atoms with van der Waals surface area (Å²) in [5.74, 6) is 0.865. The highest BCUT2D eigenvalue weighted by molar-refractivity contribution is 7.15. The number of fused-ring (bicyclic) bond motifs is 3. The van der Waals surface area contributed by atoms with Crippen molar-refractivity contribution in [2.45, 2.75) is 13.5 Å². The van der Waals surface area contributed by atoms with Crippen LogP contribution in [0.25, 0.3) is 27.4 Å². The molecule has 0 bridgehead atoms. The molecule has 3 heterocycles. The third kappa shape index (κ3) is 2.63. The van der Waals surface area contributed by atoms with E-state index in [0.29, 0.717) is 17.0 Å². The molecule has 0 atom stereocenters. The predicted octanol–water partition coefficient (Wildman–Crippen LogP) is 4.27. The molecule has 0 aliphatic carbocycles. The van der Waals surface area contributed by atoms with Gasteiger partial charge in [-0.3, -0.25) is 13.8 Å². The molecule has 7 heteroatoms. The summed E-state index contributed by atoms with van der Waals surface area (Å²) in [7, 11) is 0. The molecule has 0 aliphatic heterocycles. The van der Waals surface area contributed by atoms with E-state index in [2.05, 4.69) is 10.2 Å². The summed E-state index contributed by atoms with van der Waals surface area (Å²) in [6.45, 7) is 2.33. The van der Waals surface area contributed by atoms with Crippen molar-refractivity contribution >= 4 is 28.0 Å². The first kappa shape index (κ1) is 16.8. The predicted molar refractivity (Wildman–Crippen MR) is 108 cm³/mol. The molecule has 0 unspecified atom stereocenters. The third-order valence-electron chi connectivity index (χ3n) is 4.72. The van der Waals surface area contributed by atoms with E-state index in [4.69, 9.17) is 0 Å². The lowest BCUT2D eigenvalue weighted by molar-refractivity contribution is 0.626. The molecule has 0 radical (unpaired) electrons. The van der Waals surface area contributed by atoms with E-state index in [1.54, 1.807) is 28.0 Å². The smallest absolute Gasteiger partial charge is 0.263 e. The number of hydrogen-bond donors (Lipinski definition) is 0. The van der Waals surface area contributed by atoms with Gasteiger partial charge in [0, 0.05) is 4.88 Å². The number of halogens is 1. The number of rotatable bonds is 3. The molecule has 5 aromatic rings. The maximum absolute atomic E-state index is 13.3. The van der Waals surface area contributed by atoms with E-state index in [0.717, 1.165) is 16.0 Å². The minimum absolute atomic E-state index is 0.145. The third-order valence-corrected chi connectivity index (χ3v) is 5.72. The number of para-hydroxylation sites is 1. The van der Waals surface area contributed by atoms with Crippen molar-refractivity contribution < 1.29 is 4.39 Å². The van der Waals surface area contributed by atoms with Crippen molar-refractivity contribution in [2.24, 2.45) is 0 Å². The monoisotopic (exact) mass is 390 g/mol. The van der Waals surface area contributed by atoms with Gasteiger partial charge < -0.3 is 0 Å². The summed E-state index contributed by atoms with van der Waals surface area (Å²) >= 11 is 1.63. The van der Waals surface area contributed by atoms with Gasteiger partial charge in [0.1, 0.15) is 5.82 Å².